The second-order valence-corrected chi connectivity index (χ2v) is 8.26. The van der Waals surface area contributed by atoms with Gasteiger partial charge in [-0.05, 0) is 24.3 Å². The zero-order chi connectivity index (χ0) is 19.9. The Labute approximate surface area is 159 Å². The van der Waals surface area contributed by atoms with Crippen LogP contribution in [0.25, 0.3) is 10.9 Å². The van der Waals surface area contributed by atoms with Crippen molar-refractivity contribution in [3.63, 3.8) is 0 Å². The zero-order valence-corrected chi connectivity index (χ0v) is 15.3. The summed E-state index contributed by atoms with van der Waals surface area (Å²) in [6.45, 7) is 1.60. The van der Waals surface area contributed by atoms with Gasteiger partial charge in [0.1, 0.15) is 22.3 Å². The van der Waals surface area contributed by atoms with E-state index < -0.39 is 32.2 Å². The summed E-state index contributed by atoms with van der Waals surface area (Å²) in [5.41, 5.74) is 0.601. The molecule has 2 heterocycles. The molecular weight excluding hydrogens is 393 g/mol. The maximum atomic E-state index is 13.6. The average molecular weight is 408 g/mol. The van der Waals surface area contributed by atoms with E-state index in [0.29, 0.717) is 43.4 Å². The maximum Gasteiger partial charge on any atom is 0.210 e. The highest BCUT2D eigenvalue weighted by molar-refractivity contribution is 7.91. The molecule has 1 saturated heterocycles. The minimum atomic E-state index is -4.28. The van der Waals surface area contributed by atoms with Crippen molar-refractivity contribution >= 4 is 26.4 Å². The van der Waals surface area contributed by atoms with Crippen molar-refractivity contribution in [1.82, 2.24) is 4.98 Å². The first kappa shape index (κ1) is 18.7. The fourth-order valence-corrected chi connectivity index (χ4v) is 4.73. The summed E-state index contributed by atoms with van der Waals surface area (Å²) in [4.78, 5) is 5.16. The standard InChI is InChI=1S/C19H15F3N2O3S/c20-12-1-2-16-17(10-12)23-11-18(19(16)24-3-5-27-6-4-24)28(25,26)15-8-13(21)7-14(22)9-15/h1-2,7-11H,3-6H2. The van der Waals surface area contributed by atoms with Gasteiger partial charge in [0.05, 0.1) is 29.3 Å². The average Bonchev–Trinajstić information content (AvgIpc) is 2.66. The highest BCUT2D eigenvalue weighted by atomic mass is 32.2. The van der Waals surface area contributed by atoms with Gasteiger partial charge in [-0.3, -0.25) is 4.98 Å². The molecule has 3 aromatic rings. The summed E-state index contributed by atoms with van der Waals surface area (Å²) in [6, 6.07) is 5.99. The number of hydrogen-bond donors (Lipinski definition) is 0. The van der Waals surface area contributed by atoms with Crippen LogP contribution in [0.15, 0.2) is 52.4 Å². The van der Waals surface area contributed by atoms with Crippen molar-refractivity contribution in [2.24, 2.45) is 0 Å². The molecule has 2 aromatic carbocycles. The van der Waals surface area contributed by atoms with Crippen LogP contribution in [0.1, 0.15) is 0 Å². The fourth-order valence-electron chi connectivity index (χ4n) is 3.25. The van der Waals surface area contributed by atoms with Crippen LogP contribution in [0.3, 0.4) is 0 Å². The normalized spacial score (nSPS) is 15.2. The summed E-state index contributed by atoms with van der Waals surface area (Å²) >= 11 is 0. The number of nitrogens with zero attached hydrogens (tertiary/aromatic N) is 2. The zero-order valence-electron chi connectivity index (χ0n) is 14.5. The topological polar surface area (TPSA) is 59.5 Å². The number of fused-ring (bicyclic) bond motifs is 1. The van der Waals surface area contributed by atoms with E-state index in [2.05, 4.69) is 4.98 Å². The second kappa shape index (κ2) is 7.06. The molecule has 0 aliphatic carbocycles. The van der Waals surface area contributed by atoms with E-state index in [0.717, 1.165) is 18.3 Å². The quantitative estimate of drug-likeness (QED) is 0.666. The van der Waals surface area contributed by atoms with Gasteiger partial charge in [0.15, 0.2) is 0 Å². The largest absolute Gasteiger partial charge is 0.378 e. The predicted molar refractivity (Wildman–Crippen MR) is 96.5 cm³/mol. The van der Waals surface area contributed by atoms with Crippen LogP contribution in [0.5, 0.6) is 0 Å². The molecule has 4 rings (SSSR count). The van der Waals surface area contributed by atoms with Crippen LogP contribution in [0, 0.1) is 17.5 Å². The van der Waals surface area contributed by atoms with Crippen LogP contribution < -0.4 is 4.90 Å². The van der Waals surface area contributed by atoms with Crippen LogP contribution in [-0.2, 0) is 14.6 Å². The Morgan fingerprint density at radius 1 is 0.929 bits per heavy atom. The molecule has 1 aromatic heterocycles. The molecule has 0 N–H and O–H groups in total. The van der Waals surface area contributed by atoms with Gasteiger partial charge in [0.25, 0.3) is 0 Å². The minimum absolute atomic E-state index is 0.196. The minimum Gasteiger partial charge on any atom is -0.378 e. The first-order chi connectivity index (χ1) is 13.4. The first-order valence-corrected chi connectivity index (χ1v) is 9.97. The van der Waals surface area contributed by atoms with E-state index in [1.807, 2.05) is 0 Å². The molecule has 1 fully saturated rings. The van der Waals surface area contributed by atoms with E-state index in [-0.39, 0.29) is 10.4 Å². The highest BCUT2D eigenvalue weighted by Gasteiger charge is 2.28. The van der Waals surface area contributed by atoms with E-state index in [9.17, 15) is 21.6 Å². The van der Waals surface area contributed by atoms with E-state index in [4.69, 9.17) is 4.74 Å². The number of pyridine rings is 1. The molecule has 5 nitrogen and oxygen atoms in total. The second-order valence-electron chi connectivity index (χ2n) is 6.34. The molecule has 28 heavy (non-hydrogen) atoms. The predicted octanol–water partition coefficient (Wildman–Crippen LogP) is 3.32. The van der Waals surface area contributed by atoms with Crippen molar-refractivity contribution in [2.45, 2.75) is 9.79 Å². The molecule has 0 spiro atoms. The van der Waals surface area contributed by atoms with Crippen LogP contribution in [-0.4, -0.2) is 39.7 Å². The van der Waals surface area contributed by atoms with Gasteiger partial charge in [0, 0.05) is 36.8 Å². The summed E-state index contributed by atoms with van der Waals surface area (Å²) < 4.78 is 72.6. The molecule has 1 aliphatic rings. The Morgan fingerprint density at radius 2 is 1.61 bits per heavy atom. The number of halogens is 3. The van der Waals surface area contributed by atoms with Gasteiger partial charge in [-0.2, -0.15) is 0 Å². The van der Waals surface area contributed by atoms with Gasteiger partial charge >= 0.3 is 0 Å². The van der Waals surface area contributed by atoms with Crippen molar-refractivity contribution in [2.75, 3.05) is 31.2 Å². The van der Waals surface area contributed by atoms with Crippen LogP contribution in [0.2, 0.25) is 0 Å². The lowest BCUT2D eigenvalue weighted by molar-refractivity contribution is 0.122. The lowest BCUT2D eigenvalue weighted by atomic mass is 10.1. The van der Waals surface area contributed by atoms with Crippen molar-refractivity contribution < 1.29 is 26.3 Å². The lowest BCUT2D eigenvalue weighted by Gasteiger charge is -2.31. The molecule has 0 unspecified atom stereocenters. The Morgan fingerprint density at radius 3 is 2.29 bits per heavy atom. The summed E-state index contributed by atoms with van der Waals surface area (Å²) in [5.74, 6) is -2.50. The number of morpholine rings is 1. The molecule has 0 saturated carbocycles. The number of anilines is 1. The summed E-state index contributed by atoms with van der Waals surface area (Å²) in [7, 11) is -4.28. The third kappa shape index (κ3) is 3.31. The van der Waals surface area contributed by atoms with E-state index in [1.54, 1.807) is 4.90 Å². The number of sulfone groups is 1. The van der Waals surface area contributed by atoms with Gasteiger partial charge in [0.2, 0.25) is 9.84 Å². The Bertz CT molecular complexity index is 1140. The van der Waals surface area contributed by atoms with Gasteiger partial charge in [-0.15, -0.1) is 0 Å². The van der Waals surface area contributed by atoms with Crippen molar-refractivity contribution in [3.8, 4) is 0 Å². The number of ether oxygens (including phenoxy) is 1. The van der Waals surface area contributed by atoms with Gasteiger partial charge in [-0.1, -0.05) is 0 Å². The number of hydrogen-bond acceptors (Lipinski definition) is 5. The lowest BCUT2D eigenvalue weighted by Crippen LogP contribution is -2.37. The first-order valence-electron chi connectivity index (χ1n) is 8.48. The molecule has 1 aliphatic heterocycles. The van der Waals surface area contributed by atoms with Crippen molar-refractivity contribution in [3.05, 3.63) is 60.0 Å². The Kier molecular flexibility index (Phi) is 4.72. The Hall–Kier alpha value is -2.65. The maximum absolute atomic E-state index is 13.6. The molecule has 146 valence electrons. The van der Waals surface area contributed by atoms with E-state index in [1.165, 1.54) is 18.2 Å². The van der Waals surface area contributed by atoms with E-state index >= 15 is 0 Å². The van der Waals surface area contributed by atoms with Gasteiger partial charge in [-0.25, -0.2) is 21.6 Å². The van der Waals surface area contributed by atoms with Crippen LogP contribution >= 0.6 is 0 Å². The summed E-state index contributed by atoms with van der Waals surface area (Å²) in [5, 5.41) is 0.432. The molecule has 0 bridgehead atoms. The molecule has 0 radical (unpaired) electrons. The summed E-state index contributed by atoms with van der Waals surface area (Å²) in [6.07, 6.45) is 1.10. The smallest absolute Gasteiger partial charge is 0.210 e. The SMILES string of the molecule is O=S(=O)(c1cc(F)cc(F)c1)c1cnc2cc(F)ccc2c1N1CCOCC1. The highest BCUT2D eigenvalue weighted by Crippen LogP contribution is 2.36. The number of benzene rings is 2. The Balaban J connectivity index is 1.98. The molecule has 9 heteroatoms. The molecule has 0 amide bonds. The number of aromatic nitrogens is 1. The fraction of sp³-hybridized carbons (Fsp3) is 0.211. The van der Waals surface area contributed by atoms with Gasteiger partial charge < -0.3 is 9.64 Å². The third-order valence-electron chi connectivity index (χ3n) is 4.53. The van der Waals surface area contributed by atoms with Crippen LogP contribution in [0.4, 0.5) is 18.9 Å². The molecular formula is C19H15F3N2O3S. The number of rotatable bonds is 3. The monoisotopic (exact) mass is 408 g/mol. The third-order valence-corrected chi connectivity index (χ3v) is 6.27. The molecule has 0 atom stereocenters. The van der Waals surface area contributed by atoms with Crippen molar-refractivity contribution in [1.29, 1.82) is 0 Å².